The summed E-state index contributed by atoms with van der Waals surface area (Å²) in [7, 11) is 0. The fourth-order valence-corrected chi connectivity index (χ4v) is 1.61. The van der Waals surface area contributed by atoms with Crippen molar-refractivity contribution in [3.05, 3.63) is 29.0 Å². The van der Waals surface area contributed by atoms with E-state index in [0.29, 0.717) is 17.1 Å². The number of aliphatic hydroxyl groups is 1. The number of halogens is 1. The van der Waals surface area contributed by atoms with Gasteiger partial charge in [0.05, 0.1) is 17.2 Å². The van der Waals surface area contributed by atoms with Gasteiger partial charge in [0.25, 0.3) is 5.91 Å². The smallest absolute Gasteiger partial charge is 0.255 e. The van der Waals surface area contributed by atoms with Crippen molar-refractivity contribution in [2.75, 3.05) is 13.2 Å². The van der Waals surface area contributed by atoms with E-state index in [4.69, 9.17) is 16.7 Å². The SMILES string of the molecule is CC(C)N(CCO)C(=O)c1ccncc1Cl. The van der Waals surface area contributed by atoms with Crippen LogP contribution >= 0.6 is 11.6 Å². The van der Waals surface area contributed by atoms with Crippen LogP contribution in [0.3, 0.4) is 0 Å². The van der Waals surface area contributed by atoms with Crippen LogP contribution in [0.1, 0.15) is 24.2 Å². The molecule has 0 atom stereocenters. The van der Waals surface area contributed by atoms with Gasteiger partial charge in [-0.05, 0) is 19.9 Å². The molecule has 1 N–H and O–H groups in total. The molecule has 0 radical (unpaired) electrons. The molecule has 0 aliphatic rings. The Labute approximate surface area is 99.9 Å². The molecule has 0 saturated carbocycles. The van der Waals surface area contributed by atoms with E-state index in [0.717, 1.165) is 0 Å². The number of nitrogens with zero attached hydrogens (tertiary/aromatic N) is 2. The van der Waals surface area contributed by atoms with Gasteiger partial charge in [0.15, 0.2) is 0 Å². The van der Waals surface area contributed by atoms with Crippen molar-refractivity contribution in [1.29, 1.82) is 0 Å². The largest absolute Gasteiger partial charge is 0.395 e. The van der Waals surface area contributed by atoms with E-state index >= 15 is 0 Å². The molecule has 1 rings (SSSR count). The maximum atomic E-state index is 12.1. The third kappa shape index (κ3) is 2.93. The Morgan fingerprint density at radius 2 is 2.31 bits per heavy atom. The number of aliphatic hydroxyl groups excluding tert-OH is 1. The first kappa shape index (κ1) is 12.9. The normalized spacial score (nSPS) is 10.6. The van der Waals surface area contributed by atoms with E-state index in [1.54, 1.807) is 11.0 Å². The molecule has 0 aromatic carbocycles. The van der Waals surface area contributed by atoms with Gasteiger partial charge in [0, 0.05) is 25.0 Å². The standard InChI is InChI=1S/C11H15ClN2O2/c1-8(2)14(5-6-15)11(16)9-3-4-13-7-10(9)12/h3-4,7-8,15H,5-6H2,1-2H3. The summed E-state index contributed by atoms with van der Waals surface area (Å²) in [5.74, 6) is -0.184. The number of rotatable bonds is 4. The molecule has 88 valence electrons. The Bertz CT molecular complexity index is 369. The molecule has 1 aromatic heterocycles. The van der Waals surface area contributed by atoms with Crippen LogP contribution in [0.5, 0.6) is 0 Å². The summed E-state index contributed by atoms with van der Waals surface area (Å²) in [4.78, 5) is 17.5. The van der Waals surface area contributed by atoms with Gasteiger partial charge in [-0.25, -0.2) is 0 Å². The average Bonchev–Trinajstić information content (AvgIpc) is 2.25. The number of amides is 1. The molecule has 0 aliphatic heterocycles. The van der Waals surface area contributed by atoms with Gasteiger partial charge in [-0.3, -0.25) is 9.78 Å². The van der Waals surface area contributed by atoms with Gasteiger partial charge in [-0.15, -0.1) is 0 Å². The van der Waals surface area contributed by atoms with Gasteiger partial charge in [0.2, 0.25) is 0 Å². The first-order valence-electron chi connectivity index (χ1n) is 5.09. The van der Waals surface area contributed by atoms with Crippen LogP contribution in [-0.4, -0.2) is 40.1 Å². The lowest BCUT2D eigenvalue weighted by molar-refractivity contribution is 0.0665. The Morgan fingerprint density at radius 3 is 2.81 bits per heavy atom. The monoisotopic (exact) mass is 242 g/mol. The highest BCUT2D eigenvalue weighted by molar-refractivity contribution is 6.33. The summed E-state index contributed by atoms with van der Waals surface area (Å²) in [5.41, 5.74) is 0.416. The molecule has 0 unspecified atom stereocenters. The fourth-order valence-electron chi connectivity index (χ4n) is 1.41. The minimum Gasteiger partial charge on any atom is -0.395 e. The van der Waals surface area contributed by atoms with Crippen molar-refractivity contribution in [2.24, 2.45) is 0 Å². The number of hydrogen-bond acceptors (Lipinski definition) is 3. The maximum absolute atomic E-state index is 12.1. The van der Waals surface area contributed by atoms with E-state index in [-0.39, 0.29) is 18.6 Å². The second-order valence-corrected chi connectivity index (χ2v) is 4.08. The van der Waals surface area contributed by atoms with Gasteiger partial charge in [0.1, 0.15) is 0 Å². The predicted molar refractivity (Wildman–Crippen MR) is 62.5 cm³/mol. The van der Waals surface area contributed by atoms with Crippen molar-refractivity contribution in [1.82, 2.24) is 9.88 Å². The summed E-state index contributed by atoms with van der Waals surface area (Å²) >= 11 is 5.90. The Kier molecular flexibility index (Phi) is 4.71. The predicted octanol–water partition coefficient (Wildman–Crippen LogP) is 1.58. The van der Waals surface area contributed by atoms with E-state index in [2.05, 4.69) is 4.98 Å². The zero-order valence-corrected chi connectivity index (χ0v) is 10.1. The zero-order valence-electron chi connectivity index (χ0n) is 9.35. The Balaban J connectivity index is 2.95. The van der Waals surface area contributed by atoms with Crippen LogP contribution in [-0.2, 0) is 0 Å². The minimum absolute atomic E-state index is 0.0175. The van der Waals surface area contributed by atoms with Gasteiger partial charge in [-0.2, -0.15) is 0 Å². The van der Waals surface area contributed by atoms with Crippen LogP contribution < -0.4 is 0 Å². The number of carbonyl (C=O) groups is 1. The number of carbonyl (C=O) groups excluding carboxylic acids is 1. The lowest BCUT2D eigenvalue weighted by Crippen LogP contribution is -2.39. The lowest BCUT2D eigenvalue weighted by Gasteiger charge is -2.26. The molecular weight excluding hydrogens is 228 g/mol. The first-order chi connectivity index (χ1) is 7.57. The molecule has 0 fully saturated rings. The maximum Gasteiger partial charge on any atom is 0.255 e. The summed E-state index contributed by atoms with van der Waals surface area (Å²) in [6.45, 7) is 4.02. The first-order valence-corrected chi connectivity index (χ1v) is 5.47. The molecule has 0 bridgehead atoms. The van der Waals surface area contributed by atoms with Gasteiger partial charge in [-0.1, -0.05) is 11.6 Å². The molecule has 5 heteroatoms. The van der Waals surface area contributed by atoms with E-state index < -0.39 is 0 Å². The second kappa shape index (κ2) is 5.82. The highest BCUT2D eigenvalue weighted by Crippen LogP contribution is 2.16. The molecule has 4 nitrogen and oxygen atoms in total. The van der Waals surface area contributed by atoms with Crippen LogP contribution in [0.25, 0.3) is 0 Å². The highest BCUT2D eigenvalue weighted by Gasteiger charge is 2.20. The topological polar surface area (TPSA) is 53.4 Å². The van der Waals surface area contributed by atoms with E-state index in [1.165, 1.54) is 12.4 Å². The number of pyridine rings is 1. The van der Waals surface area contributed by atoms with Crippen molar-refractivity contribution in [2.45, 2.75) is 19.9 Å². The minimum atomic E-state index is -0.184. The highest BCUT2D eigenvalue weighted by atomic mass is 35.5. The van der Waals surface area contributed by atoms with E-state index in [9.17, 15) is 4.79 Å². The molecular formula is C11H15ClN2O2. The molecule has 0 saturated heterocycles. The Hall–Kier alpha value is -1.13. The van der Waals surface area contributed by atoms with Crippen LogP contribution in [0.15, 0.2) is 18.5 Å². The summed E-state index contributed by atoms with van der Waals surface area (Å²) in [5, 5.41) is 9.24. The quantitative estimate of drug-likeness (QED) is 0.872. The van der Waals surface area contributed by atoms with Crippen molar-refractivity contribution in [3.8, 4) is 0 Å². The van der Waals surface area contributed by atoms with E-state index in [1.807, 2.05) is 13.8 Å². The molecule has 0 spiro atoms. The number of hydrogen-bond donors (Lipinski definition) is 1. The summed E-state index contributed by atoms with van der Waals surface area (Å²) in [6, 6.07) is 1.60. The lowest BCUT2D eigenvalue weighted by atomic mass is 10.2. The fraction of sp³-hybridized carbons (Fsp3) is 0.455. The van der Waals surface area contributed by atoms with Crippen molar-refractivity contribution < 1.29 is 9.90 Å². The molecule has 1 amide bonds. The van der Waals surface area contributed by atoms with Crippen molar-refractivity contribution >= 4 is 17.5 Å². The summed E-state index contributed by atoms with van der Waals surface area (Å²) in [6.07, 6.45) is 2.96. The van der Waals surface area contributed by atoms with Gasteiger partial charge < -0.3 is 10.0 Å². The second-order valence-electron chi connectivity index (χ2n) is 3.67. The summed E-state index contributed by atoms with van der Waals surface area (Å²) < 4.78 is 0. The van der Waals surface area contributed by atoms with Crippen LogP contribution in [0.2, 0.25) is 5.02 Å². The Morgan fingerprint density at radius 1 is 1.62 bits per heavy atom. The van der Waals surface area contributed by atoms with Crippen LogP contribution in [0.4, 0.5) is 0 Å². The van der Waals surface area contributed by atoms with Crippen molar-refractivity contribution in [3.63, 3.8) is 0 Å². The zero-order chi connectivity index (χ0) is 12.1. The number of aromatic nitrogens is 1. The molecule has 0 aliphatic carbocycles. The third-order valence-corrected chi connectivity index (χ3v) is 2.53. The third-order valence-electron chi connectivity index (χ3n) is 2.23. The molecule has 1 heterocycles. The average molecular weight is 243 g/mol. The van der Waals surface area contributed by atoms with Crippen LogP contribution in [0, 0.1) is 0 Å². The molecule has 1 aromatic rings. The van der Waals surface area contributed by atoms with Gasteiger partial charge >= 0.3 is 0 Å². The molecule has 16 heavy (non-hydrogen) atoms.